The van der Waals surface area contributed by atoms with Crippen LogP contribution in [0.25, 0.3) is 0 Å². The largest absolute Gasteiger partial charge is 0.496 e. The van der Waals surface area contributed by atoms with Crippen LogP contribution in [0, 0.1) is 0 Å². The molecule has 2 amide bonds. The highest BCUT2D eigenvalue weighted by atomic mass is 16.5. The molecule has 0 radical (unpaired) electrons. The van der Waals surface area contributed by atoms with Gasteiger partial charge < -0.3 is 19.7 Å². The van der Waals surface area contributed by atoms with E-state index in [9.17, 15) is 14.4 Å². The third-order valence-electron chi connectivity index (χ3n) is 7.23. The quantitative estimate of drug-likeness (QED) is 0.586. The molecule has 0 saturated heterocycles. The highest BCUT2D eigenvalue weighted by Crippen LogP contribution is 2.32. The van der Waals surface area contributed by atoms with E-state index >= 15 is 0 Å². The third-order valence-corrected chi connectivity index (χ3v) is 7.23. The highest BCUT2D eigenvalue weighted by molar-refractivity contribution is 6.01. The van der Waals surface area contributed by atoms with Gasteiger partial charge in [0.25, 0.3) is 5.91 Å². The summed E-state index contributed by atoms with van der Waals surface area (Å²) in [5, 5.41) is 7.58. The maximum atomic E-state index is 13.9. The fraction of sp³-hybridized carbons (Fsp3) is 0.556. The standard InChI is InChI=1S/C27H36N4O5/c1-4-36-25(33)21-16-22-24(32)30(17-19-12-10-11-15-23(19)35-3)27(2,18-31(22)29-21)26(34)28-20-13-8-6-5-7-9-14-20/h10-12,15-16,20H,4-9,13-14,17-18H2,1-3H3,(H,28,34)/t27-/m0/s1. The van der Waals surface area contributed by atoms with E-state index in [1.54, 1.807) is 25.9 Å². The summed E-state index contributed by atoms with van der Waals surface area (Å²) < 4.78 is 12.1. The van der Waals surface area contributed by atoms with Crippen molar-refractivity contribution in [2.24, 2.45) is 0 Å². The zero-order chi connectivity index (χ0) is 25.7. The van der Waals surface area contributed by atoms with Crippen LogP contribution in [0.2, 0.25) is 0 Å². The Bertz CT molecular complexity index is 1110. The average Bonchev–Trinajstić information content (AvgIpc) is 3.27. The van der Waals surface area contributed by atoms with Crippen molar-refractivity contribution in [3.63, 3.8) is 0 Å². The Morgan fingerprint density at radius 2 is 1.83 bits per heavy atom. The number of aromatic nitrogens is 2. The molecule has 1 saturated carbocycles. The molecule has 9 nitrogen and oxygen atoms in total. The van der Waals surface area contributed by atoms with Crippen LogP contribution >= 0.6 is 0 Å². The third kappa shape index (κ3) is 5.24. The van der Waals surface area contributed by atoms with Crippen molar-refractivity contribution >= 4 is 17.8 Å². The fourth-order valence-corrected chi connectivity index (χ4v) is 5.14. The van der Waals surface area contributed by atoms with Crippen molar-refractivity contribution < 1.29 is 23.9 Å². The Labute approximate surface area is 212 Å². The highest BCUT2D eigenvalue weighted by Gasteiger charge is 2.48. The number of esters is 1. The van der Waals surface area contributed by atoms with Gasteiger partial charge in [-0.3, -0.25) is 14.3 Å². The Morgan fingerprint density at radius 1 is 1.14 bits per heavy atom. The summed E-state index contributed by atoms with van der Waals surface area (Å²) in [6.07, 6.45) is 7.62. The first-order chi connectivity index (χ1) is 17.4. The van der Waals surface area contributed by atoms with Gasteiger partial charge in [0.1, 0.15) is 17.0 Å². The summed E-state index contributed by atoms with van der Waals surface area (Å²) in [7, 11) is 1.58. The number of carbonyl (C=O) groups excluding carboxylic acids is 3. The number of carbonyl (C=O) groups is 3. The van der Waals surface area contributed by atoms with E-state index in [1.807, 2.05) is 24.3 Å². The molecular weight excluding hydrogens is 460 g/mol. The maximum Gasteiger partial charge on any atom is 0.358 e. The summed E-state index contributed by atoms with van der Waals surface area (Å²) in [5.74, 6) is -0.538. The lowest BCUT2D eigenvalue weighted by molar-refractivity contribution is -0.134. The van der Waals surface area contributed by atoms with Gasteiger partial charge in [-0.1, -0.05) is 50.3 Å². The Hall–Kier alpha value is -3.36. The molecule has 9 heteroatoms. The molecule has 36 heavy (non-hydrogen) atoms. The molecule has 2 aliphatic rings. The second-order valence-electron chi connectivity index (χ2n) is 9.79. The molecule has 194 valence electrons. The molecule has 1 aliphatic heterocycles. The minimum Gasteiger partial charge on any atom is -0.496 e. The lowest BCUT2D eigenvalue weighted by Crippen LogP contribution is -2.64. The molecule has 0 unspecified atom stereocenters. The number of hydrogen-bond acceptors (Lipinski definition) is 6. The zero-order valence-corrected chi connectivity index (χ0v) is 21.4. The molecule has 0 bridgehead atoms. The normalized spacial score (nSPS) is 20.8. The molecule has 1 aliphatic carbocycles. The minimum absolute atomic E-state index is 0.0575. The second-order valence-corrected chi connectivity index (χ2v) is 9.79. The topological polar surface area (TPSA) is 103 Å². The zero-order valence-electron chi connectivity index (χ0n) is 21.4. The van der Waals surface area contributed by atoms with E-state index in [-0.39, 0.29) is 48.9 Å². The van der Waals surface area contributed by atoms with Gasteiger partial charge in [-0.05, 0) is 32.8 Å². The number of amides is 2. The smallest absolute Gasteiger partial charge is 0.358 e. The van der Waals surface area contributed by atoms with Gasteiger partial charge in [0.2, 0.25) is 5.91 Å². The van der Waals surface area contributed by atoms with E-state index in [0.717, 1.165) is 31.2 Å². The van der Waals surface area contributed by atoms with Crippen LogP contribution in [0.15, 0.2) is 30.3 Å². The van der Waals surface area contributed by atoms with Crippen molar-refractivity contribution in [3.8, 4) is 5.75 Å². The summed E-state index contributed by atoms with van der Waals surface area (Å²) in [6.45, 7) is 3.99. The van der Waals surface area contributed by atoms with Gasteiger partial charge >= 0.3 is 5.97 Å². The predicted molar refractivity (Wildman–Crippen MR) is 134 cm³/mol. The van der Waals surface area contributed by atoms with Gasteiger partial charge in [-0.2, -0.15) is 5.10 Å². The van der Waals surface area contributed by atoms with E-state index in [4.69, 9.17) is 9.47 Å². The van der Waals surface area contributed by atoms with E-state index in [0.29, 0.717) is 5.75 Å². The van der Waals surface area contributed by atoms with Crippen LogP contribution in [-0.4, -0.2) is 57.8 Å². The summed E-state index contributed by atoms with van der Waals surface area (Å²) in [6, 6.07) is 8.98. The fourth-order valence-electron chi connectivity index (χ4n) is 5.14. The molecule has 0 spiro atoms. The number of fused-ring (bicyclic) bond motifs is 1. The average molecular weight is 497 g/mol. The number of ether oxygens (including phenoxy) is 2. The number of hydrogen-bond donors (Lipinski definition) is 1. The molecule has 2 aromatic rings. The van der Waals surface area contributed by atoms with Crippen molar-refractivity contribution in [2.45, 2.75) is 83.5 Å². The Kier molecular flexibility index (Phi) is 7.96. The first kappa shape index (κ1) is 25.7. The van der Waals surface area contributed by atoms with Crippen molar-refractivity contribution in [1.82, 2.24) is 20.0 Å². The van der Waals surface area contributed by atoms with E-state index in [1.165, 1.54) is 30.0 Å². The van der Waals surface area contributed by atoms with Crippen LogP contribution in [0.4, 0.5) is 0 Å². The predicted octanol–water partition coefficient (Wildman–Crippen LogP) is 3.71. The van der Waals surface area contributed by atoms with Gasteiger partial charge in [-0.15, -0.1) is 0 Å². The number of para-hydroxylation sites is 1. The van der Waals surface area contributed by atoms with Crippen molar-refractivity contribution in [1.29, 1.82) is 0 Å². The number of nitrogens with zero attached hydrogens (tertiary/aromatic N) is 3. The Morgan fingerprint density at radius 3 is 2.53 bits per heavy atom. The lowest BCUT2D eigenvalue weighted by atomic mass is 9.91. The molecule has 2 heterocycles. The second kappa shape index (κ2) is 11.1. The molecular formula is C27H36N4O5. The van der Waals surface area contributed by atoms with Gasteiger partial charge in [0.05, 0.1) is 26.8 Å². The summed E-state index contributed by atoms with van der Waals surface area (Å²) in [4.78, 5) is 41.6. The first-order valence-corrected chi connectivity index (χ1v) is 12.9. The number of nitrogens with one attached hydrogen (secondary N) is 1. The van der Waals surface area contributed by atoms with Crippen LogP contribution in [0.1, 0.15) is 85.3 Å². The van der Waals surface area contributed by atoms with Gasteiger partial charge in [0.15, 0.2) is 5.69 Å². The molecule has 1 aromatic carbocycles. The summed E-state index contributed by atoms with van der Waals surface area (Å²) >= 11 is 0. The van der Waals surface area contributed by atoms with Gasteiger partial charge in [0, 0.05) is 17.7 Å². The van der Waals surface area contributed by atoms with Crippen LogP contribution in [0.3, 0.4) is 0 Å². The van der Waals surface area contributed by atoms with E-state index in [2.05, 4.69) is 10.4 Å². The molecule has 1 fully saturated rings. The monoisotopic (exact) mass is 496 g/mol. The van der Waals surface area contributed by atoms with Crippen LogP contribution < -0.4 is 10.1 Å². The molecule has 1 N–H and O–H groups in total. The SMILES string of the molecule is CCOC(=O)c1cc2n(n1)C[C@@](C)(C(=O)NC1CCCCCCC1)N(Cc1ccccc1OC)C2=O. The molecule has 1 atom stereocenters. The van der Waals surface area contributed by atoms with Gasteiger partial charge in [-0.25, -0.2) is 4.79 Å². The molecule has 4 rings (SSSR count). The molecule has 1 aromatic heterocycles. The number of benzene rings is 1. The van der Waals surface area contributed by atoms with Crippen molar-refractivity contribution in [3.05, 3.63) is 47.3 Å². The first-order valence-electron chi connectivity index (χ1n) is 12.9. The van der Waals surface area contributed by atoms with Crippen LogP contribution in [0.5, 0.6) is 5.75 Å². The Balaban J connectivity index is 1.68. The van der Waals surface area contributed by atoms with Crippen molar-refractivity contribution in [2.75, 3.05) is 13.7 Å². The maximum absolute atomic E-state index is 13.9. The summed E-state index contributed by atoms with van der Waals surface area (Å²) in [5.41, 5.74) is -0.117. The lowest BCUT2D eigenvalue weighted by Gasteiger charge is -2.44. The minimum atomic E-state index is -1.22. The van der Waals surface area contributed by atoms with E-state index < -0.39 is 11.5 Å². The van der Waals surface area contributed by atoms with Crippen LogP contribution in [-0.2, 0) is 22.6 Å². The number of methoxy groups -OCH3 is 1. The number of rotatable bonds is 7.